The predicted molar refractivity (Wildman–Crippen MR) is 62.9 cm³/mol. The molecule has 1 aromatic carbocycles. The highest BCUT2D eigenvalue weighted by Crippen LogP contribution is 2.35. The molecule has 0 spiro atoms. The van der Waals surface area contributed by atoms with E-state index in [-0.39, 0.29) is 6.04 Å². The lowest BCUT2D eigenvalue weighted by Crippen LogP contribution is -2.26. The molecule has 1 aromatic rings. The van der Waals surface area contributed by atoms with Crippen LogP contribution in [-0.2, 0) is 0 Å². The lowest BCUT2D eigenvalue weighted by atomic mass is 9.78. The first-order valence-electron chi connectivity index (χ1n) is 5.40. The van der Waals surface area contributed by atoms with Crippen molar-refractivity contribution in [1.29, 1.82) is 0 Å². The largest absolute Gasteiger partial charge is 0.465 e. The SMILES string of the molecule is NC(=O)O.NC(c1ccccc1)C1CCC1. The Hall–Kier alpha value is -1.55. The predicted octanol–water partition coefficient (Wildman–Crippen LogP) is 2.11. The average Bonchev–Trinajstić information content (AvgIpc) is 2.15. The topological polar surface area (TPSA) is 89.3 Å². The summed E-state index contributed by atoms with van der Waals surface area (Å²) in [6.07, 6.45) is 2.66. The average molecular weight is 222 g/mol. The van der Waals surface area contributed by atoms with Crippen molar-refractivity contribution < 1.29 is 9.90 Å². The maximum Gasteiger partial charge on any atom is 0.402 e. The van der Waals surface area contributed by atoms with Gasteiger partial charge in [-0.2, -0.15) is 0 Å². The maximum absolute atomic E-state index is 8.78. The summed E-state index contributed by atoms with van der Waals surface area (Å²) in [6, 6.07) is 10.7. The second-order valence-corrected chi connectivity index (χ2v) is 3.97. The smallest absolute Gasteiger partial charge is 0.402 e. The fraction of sp³-hybridized carbons (Fsp3) is 0.417. The van der Waals surface area contributed by atoms with Gasteiger partial charge >= 0.3 is 6.09 Å². The molecule has 1 amide bonds. The Morgan fingerprint density at radius 1 is 1.31 bits per heavy atom. The third-order valence-electron chi connectivity index (χ3n) is 2.84. The molecular formula is C12H18N2O2. The summed E-state index contributed by atoms with van der Waals surface area (Å²) in [5.41, 5.74) is 11.4. The molecule has 0 heterocycles. The number of nitrogens with two attached hydrogens (primary N) is 2. The van der Waals surface area contributed by atoms with Crippen molar-refractivity contribution in [2.45, 2.75) is 25.3 Å². The first-order valence-corrected chi connectivity index (χ1v) is 5.40. The monoisotopic (exact) mass is 222 g/mol. The molecule has 16 heavy (non-hydrogen) atoms. The molecular weight excluding hydrogens is 204 g/mol. The van der Waals surface area contributed by atoms with Crippen LogP contribution in [0, 0.1) is 5.92 Å². The second-order valence-electron chi connectivity index (χ2n) is 3.97. The number of hydrogen-bond donors (Lipinski definition) is 3. The maximum atomic E-state index is 8.78. The molecule has 0 bridgehead atoms. The fourth-order valence-electron chi connectivity index (χ4n) is 1.75. The highest BCUT2D eigenvalue weighted by molar-refractivity contribution is 5.61. The molecule has 4 heteroatoms. The third kappa shape index (κ3) is 3.90. The lowest BCUT2D eigenvalue weighted by Gasteiger charge is -2.31. The molecule has 1 saturated carbocycles. The standard InChI is InChI=1S/C11H15N.CH3NO2/c12-11(10-7-4-8-10)9-5-2-1-3-6-9;2-1(3)4/h1-3,5-6,10-11H,4,7-8,12H2;2H2,(H,3,4). The lowest BCUT2D eigenvalue weighted by molar-refractivity contribution is 0.205. The van der Waals surface area contributed by atoms with Crippen LogP contribution in [0.15, 0.2) is 30.3 Å². The number of amides is 1. The molecule has 88 valence electrons. The minimum Gasteiger partial charge on any atom is -0.465 e. The van der Waals surface area contributed by atoms with Gasteiger partial charge in [0.2, 0.25) is 0 Å². The first kappa shape index (κ1) is 12.5. The number of primary amides is 1. The van der Waals surface area contributed by atoms with Gasteiger partial charge in [0.1, 0.15) is 0 Å². The fourth-order valence-corrected chi connectivity index (χ4v) is 1.75. The Labute approximate surface area is 95.3 Å². The highest BCUT2D eigenvalue weighted by atomic mass is 16.4. The minimum atomic E-state index is -1.33. The zero-order valence-corrected chi connectivity index (χ0v) is 9.17. The molecule has 2 rings (SSSR count). The number of carbonyl (C=O) groups is 1. The van der Waals surface area contributed by atoms with Crippen molar-refractivity contribution in [3.05, 3.63) is 35.9 Å². The van der Waals surface area contributed by atoms with Gasteiger partial charge in [0.15, 0.2) is 0 Å². The summed E-state index contributed by atoms with van der Waals surface area (Å²) >= 11 is 0. The van der Waals surface area contributed by atoms with Crippen LogP contribution in [0.3, 0.4) is 0 Å². The van der Waals surface area contributed by atoms with E-state index in [0.717, 1.165) is 5.92 Å². The second kappa shape index (κ2) is 6.12. The Balaban J connectivity index is 0.000000280. The van der Waals surface area contributed by atoms with Crippen LogP contribution in [0.2, 0.25) is 0 Å². The number of benzene rings is 1. The van der Waals surface area contributed by atoms with Crippen LogP contribution in [0.5, 0.6) is 0 Å². The van der Waals surface area contributed by atoms with Crippen LogP contribution >= 0.6 is 0 Å². The molecule has 5 N–H and O–H groups in total. The van der Waals surface area contributed by atoms with E-state index in [0.29, 0.717) is 0 Å². The van der Waals surface area contributed by atoms with Crippen molar-refractivity contribution in [2.75, 3.05) is 0 Å². The Morgan fingerprint density at radius 2 is 1.81 bits per heavy atom. The molecule has 0 aromatic heterocycles. The Kier molecular flexibility index (Phi) is 4.79. The van der Waals surface area contributed by atoms with Gasteiger partial charge in [0.25, 0.3) is 0 Å². The first-order chi connectivity index (χ1) is 7.61. The van der Waals surface area contributed by atoms with Gasteiger partial charge < -0.3 is 16.6 Å². The molecule has 0 aliphatic heterocycles. The van der Waals surface area contributed by atoms with E-state index >= 15 is 0 Å². The molecule has 4 nitrogen and oxygen atoms in total. The molecule has 1 aliphatic carbocycles. The van der Waals surface area contributed by atoms with E-state index in [1.807, 2.05) is 6.07 Å². The molecule has 1 aliphatic rings. The van der Waals surface area contributed by atoms with E-state index in [9.17, 15) is 0 Å². The van der Waals surface area contributed by atoms with Crippen molar-refractivity contribution >= 4 is 6.09 Å². The van der Waals surface area contributed by atoms with E-state index < -0.39 is 6.09 Å². The summed E-state index contributed by atoms with van der Waals surface area (Å²) in [5, 5.41) is 7.19. The number of carboxylic acid groups (broad SMARTS) is 1. The normalized spacial score (nSPS) is 16.6. The summed E-state index contributed by atoms with van der Waals surface area (Å²) in [5.74, 6) is 0.743. The van der Waals surface area contributed by atoms with Crippen LogP contribution < -0.4 is 11.5 Å². The molecule has 1 unspecified atom stereocenters. The highest BCUT2D eigenvalue weighted by Gasteiger charge is 2.24. The Morgan fingerprint density at radius 3 is 2.19 bits per heavy atom. The molecule has 0 radical (unpaired) electrons. The van der Waals surface area contributed by atoms with Crippen LogP contribution in [-0.4, -0.2) is 11.2 Å². The van der Waals surface area contributed by atoms with Gasteiger partial charge in [-0.15, -0.1) is 0 Å². The van der Waals surface area contributed by atoms with E-state index in [2.05, 4.69) is 30.0 Å². The minimum absolute atomic E-state index is 0.278. The van der Waals surface area contributed by atoms with Crippen LogP contribution in [0.25, 0.3) is 0 Å². The summed E-state index contributed by atoms with van der Waals surface area (Å²) in [7, 11) is 0. The zero-order chi connectivity index (χ0) is 12.0. The summed E-state index contributed by atoms with van der Waals surface area (Å²) < 4.78 is 0. The third-order valence-corrected chi connectivity index (χ3v) is 2.84. The Bertz CT molecular complexity index is 319. The van der Waals surface area contributed by atoms with Gasteiger partial charge in [-0.05, 0) is 24.3 Å². The van der Waals surface area contributed by atoms with Crippen LogP contribution in [0.4, 0.5) is 4.79 Å². The zero-order valence-electron chi connectivity index (χ0n) is 9.17. The van der Waals surface area contributed by atoms with Gasteiger partial charge in [-0.1, -0.05) is 36.8 Å². The molecule has 0 saturated heterocycles. The number of hydrogen-bond acceptors (Lipinski definition) is 2. The van der Waals surface area contributed by atoms with Crippen molar-refractivity contribution in [1.82, 2.24) is 0 Å². The quantitative estimate of drug-likeness (QED) is 0.715. The molecule has 1 fully saturated rings. The van der Waals surface area contributed by atoms with Crippen molar-refractivity contribution in [2.24, 2.45) is 17.4 Å². The van der Waals surface area contributed by atoms with Crippen molar-refractivity contribution in [3.8, 4) is 0 Å². The van der Waals surface area contributed by atoms with Gasteiger partial charge in [0.05, 0.1) is 0 Å². The van der Waals surface area contributed by atoms with Gasteiger partial charge in [-0.3, -0.25) is 0 Å². The summed E-state index contributed by atoms with van der Waals surface area (Å²) in [6.45, 7) is 0. The van der Waals surface area contributed by atoms with Crippen molar-refractivity contribution in [3.63, 3.8) is 0 Å². The van der Waals surface area contributed by atoms with E-state index in [1.165, 1.54) is 24.8 Å². The summed E-state index contributed by atoms with van der Waals surface area (Å²) in [4.78, 5) is 8.78. The van der Waals surface area contributed by atoms with Crippen LogP contribution in [0.1, 0.15) is 30.9 Å². The molecule has 1 atom stereocenters. The van der Waals surface area contributed by atoms with E-state index in [4.69, 9.17) is 15.6 Å². The van der Waals surface area contributed by atoms with Gasteiger partial charge in [-0.25, -0.2) is 4.79 Å². The number of rotatable bonds is 2. The van der Waals surface area contributed by atoms with E-state index in [1.54, 1.807) is 0 Å². The van der Waals surface area contributed by atoms with Gasteiger partial charge in [0, 0.05) is 6.04 Å².